The van der Waals surface area contributed by atoms with E-state index in [1.807, 2.05) is 31.5 Å². The van der Waals surface area contributed by atoms with Crippen LogP contribution in [0, 0.1) is 13.8 Å². The van der Waals surface area contributed by atoms with Crippen LogP contribution in [0.2, 0.25) is 0 Å². The first-order valence-electron chi connectivity index (χ1n) is 6.08. The number of sulfonamides is 1. The molecule has 102 valence electrons. The van der Waals surface area contributed by atoms with Gasteiger partial charge in [0.1, 0.15) is 0 Å². The Kier molecular flexibility index (Phi) is 3.78. The van der Waals surface area contributed by atoms with Crippen molar-refractivity contribution < 1.29 is 8.42 Å². The zero-order chi connectivity index (χ0) is 14.0. The molecule has 0 radical (unpaired) electrons. The van der Waals surface area contributed by atoms with Crippen LogP contribution in [0.5, 0.6) is 0 Å². The fourth-order valence-electron chi connectivity index (χ4n) is 1.97. The van der Waals surface area contributed by atoms with Gasteiger partial charge in [-0.2, -0.15) is 0 Å². The van der Waals surface area contributed by atoms with Crippen molar-refractivity contribution in [3.8, 4) is 0 Å². The lowest BCUT2D eigenvalue weighted by Gasteiger charge is -2.07. The second-order valence-corrected chi connectivity index (χ2v) is 6.36. The molecule has 0 saturated carbocycles. The average molecular weight is 278 g/mol. The summed E-state index contributed by atoms with van der Waals surface area (Å²) >= 11 is 0. The van der Waals surface area contributed by atoms with Crippen molar-refractivity contribution in [2.45, 2.75) is 25.3 Å². The van der Waals surface area contributed by atoms with E-state index in [4.69, 9.17) is 0 Å². The fraction of sp³-hybridized carbons (Fsp3) is 0.286. The highest BCUT2D eigenvalue weighted by Gasteiger charge is 2.14. The lowest BCUT2D eigenvalue weighted by Crippen LogP contribution is -2.23. The van der Waals surface area contributed by atoms with Gasteiger partial charge in [0.25, 0.3) is 0 Å². The standard InChI is InChI=1S/C14H18N2O2S/c1-11-9-13(12(2)16(11)3)10-15-19(17,18)14-7-5-4-6-8-14/h4-9,15H,10H2,1-3H3. The zero-order valence-electron chi connectivity index (χ0n) is 11.3. The maximum Gasteiger partial charge on any atom is 0.240 e. The van der Waals surface area contributed by atoms with Crippen molar-refractivity contribution in [2.75, 3.05) is 0 Å². The summed E-state index contributed by atoms with van der Waals surface area (Å²) < 4.78 is 28.9. The SMILES string of the molecule is Cc1cc(CNS(=O)(=O)c2ccccc2)c(C)n1C. The van der Waals surface area contributed by atoms with Gasteiger partial charge in [0, 0.05) is 25.0 Å². The molecule has 0 aliphatic carbocycles. The minimum absolute atomic E-state index is 0.292. The van der Waals surface area contributed by atoms with Gasteiger partial charge in [-0.3, -0.25) is 0 Å². The molecule has 0 spiro atoms. The second kappa shape index (κ2) is 5.19. The summed E-state index contributed by atoms with van der Waals surface area (Å²) in [5.74, 6) is 0. The first-order chi connectivity index (χ1) is 8.92. The molecule has 5 heteroatoms. The van der Waals surface area contributed by atoms with E-state index in [2.05, 4.69) is 4.72 Å². The smallest absolute Gasteiger partial charge is 0.240 e. The van der Waals surface area contributed by atoms with Gasteiger partial charge < -0.3 is 4.57 Å². The Morgan fingerprint density at radius 2 is 1.79 bits per heavy atom. The quantitative estimate of drug-likeness (QED) is 0.931. The Bertz CT molecular complexity index is 673. The molecule has 19 heavy (non-hydrogen) atoms. The third-order valence-electron chi connectivity index (χ3n) is 3.39. The first kappa shape index (κ1) is 13.8. The number of hydrogen-bond donors (Lipinski definition) is 1. The van der Waals surface area contributed by atoms with Crippen molar-refractivity contribution in [1.29, 1.82) is 0 Å². The Hall–Kier alpha value is -1.59. The summed E-state index contributed by atoms with van der Waals surface area (Å²) in [6, 6.07) is 10.4. The van der Waals surface area contributed by atoms with Gasteiger partial charge in [0.2, 0.25) is 10.0 Å². The Morgan fingerprint density at radius 1 is 1.16 bits per heavy atom. The molecule has 4 nitrogen and oxygen atoms in total. The topological polar surface area (TPSA) is 51.1 Å². The van der Waals surface area contributed by atoms with E-state index in [0.29, 0.717) is 11.4 Å². The van der Waals surface area contributed by atoms with Crippen LogP contribution in [0.25, 0.3) is 0 Å². The predicted octanol–water partition coefficient (Wildman–Crippen LogP) is 2.12. The van der Waals surface area contributed by atoms with Crippen molar-refractivity contribution >= 4 is 10.0 Å². The highest BCUT2D eigenvalue weighted by Crippen LogP contribution is 2.14. The van der Waals surface area contributed by atoms with Gasteiger partial charge in [-0.15, -0.1) is 0 Å². The minimum Gasteiger partial charge on any atom is -0.352 e. The van der Waals surface area contributed by atoms with Crippen molar-refractivity contribution in [3.63, 3.8) is 0 Å². The molecule has 2 rings (SSSR count). The largest absolute Gasteiger partial charge is 0.352 e. The number of nitrogens with zero attached hydrogens (tertiary/aromatic N) is 1. The number of aromatic nitrogens is 1. The van der Waals surface area contributed by atoms with Crippen LogP contribution in [-0.2, 0) is 23.6 Å². The predicted molar refractivity (Wildman–Crippen MR) is 75.4 cm³/mol. The summed E-state index contributed by atoms with van der Waals surface area (Å²) in [7, 11) is -1.47. The van der Waals surface area contributed by atoms with Crippen LogP contribution < -0.4 is 4.72 Å². The second-order valence-electron chi connectivity index (χ2n) is 4.59. The third-order valence-corrected chi connectivity index (χ3v) is 4.80. The molecule has 0 amide bonds. The Morgan fingerprint density at radius 3 is 2.32 bits per heavy atom. The summed E-state index contributed by atoms with van der Waals surface area (Å²) in [6.07, 6.45) is 0. The molecule has 0 fully saturated rings. The molecule has 1 aromatic heterocycles. The molecule has 1 N–H and O–H groups in total. The fourth-order valence-corrected chi connectivity index (χ4v) is 3.00. The molecule has 0 aliphatic rings. The molecule has 0 unspecified atom stereocenters. The van der Waals surface area contributed by atoms with Gasteiger partial charge in [0.05, 0.1) is 4.90 Å². The first-order valence-corrected chi connectivity index (χ1v) is 7.56. The Balaban J connectivity index is 2.17. The van der Waals surface area contributed by atoms with Crippen LogP contribution in [0.3, 0.4) is 0 Å². The third kappa shape index (κ3) is 2.88. The summed E-state index contributed by atoms with van der Waals surface area (Å²) in [6.45, 7) is 4.30. The Labute approximate surface area is 114 Å². The molecular formula is C14H18N2O2S. The van der Waals surface area contributed by atoms with E-state index in [1.54, 1.807) is 30.3 Å². The van der Waals surface area contributed by atoms with E-state index >= 15 is 0 Å². The molecule has 0 atom stereocenters. The number of aryl methyl sites for hydroxylation is 1. The van der Waals surface area contributed by atoms with Gasteiger partial charge in [-0.1, -0.05) is 18.2 Å². The van der Waals surface area contributed by atoms with Crippen LogP contribution in [-0.4, -0.2) is 13.0 Å². The maximum absolute atomic E-state index is 12.1. The van der Waals surface area contributed by atoms with Crippen LogP contribution in [0.15, 0.2) is 41.3 Å². The zero-order valence-corrected chi connectivity index (χ0v) is 12.2. The number of benzene rings is 1. The molecule has 0 bridgehead atoms. The summed E-state index contributed by atoms with van der Waals surface area (Å²) in [5.41, 5.74) is 3.19. The molecular weight excluding hydrogens is 260 g/mol. The van der Waals surface area contributed by atoms with Gasteiger partial charge in [-0.05, 0) is 37.6 Å². The van der Waals surface area contributed by atoms with Crippen LogP contribution in [0.4, 0.5) is 0 Å². The van der Waals surface area contributed by atoms with Gasteiger partial charge in [0.15, 0.2) is 0 Å². The van der Waals surface area contributed by atoms with Crippen molar-refractivity contribution in [2.24, 2.45) is 7.05 Å². The normalized spacial score (nSPS) is 11.7. The molecule has 1 heterocycles. The molecule has 2 aromatic rings. The van der Waals surface area contributed by atoms with Crippen molar-refractivity contribution in [3.05, 3.63) is 53.3 Å². The van der Waals surface area contributed by atoms with E-state index in [9.17, 15) is 8.42 Å². The van der Waals surface area contributed by atoms with Gasteiger partial charge in [-0.25, -0.2) is 13.1 Å². The van der Waals surface area contributed by atoms with Crippen LogP contribution in [0.1, 0.15) is 17.0 Å². The average Bonchev–Trinajstić information content (AvgIpc) is 2.65. The van der Waals surface area contributed by atoms with Crippen LogP contribution >= 0.6 is 0 Å². The van der Waals surface area contributed by atoms with Gasteiger partial charge >= 0.3 is 0 Å². The minimum atomic E-state index is -3.44. The summed E-state index contributed by atoms with van der Waals surface area (Å²) in [4.78, 5) is 0.292. The van der Waals surface area contributed by atoms with E-state index in [0.717, 1.165) is 17.0 Å². The monoisotopic (exact) mass is 278 g/mol. The highest BCUT2D eigenvalue weighted by molar-refractivity contribution is 7.89. The molecule has 0 saturated heterocycles. The van der Waals surface area contributed by atoms with E-state index in [-0.39, 0.29) is 0 Å². The number of nitrogens with one attached hydrogen (secondary N) is 1. The highest BCUT2D eigenvalue weighted by atomic mass is 32.2. The maximum atomic E-state index is 12.1. The molecule has 0 aliphatic heterocycles. The summed E-state index contributed by atoms with van der Waals surface area (Å²) in [5, 5.41) is 0. The van der Waals surface area contributed by atoms with Crippen molar-refractivity contribution in [1.82, 2.24) is 9.29 Å². The van der Waals surface area contributed by atoms with E-state index < -0.39 is 10.0 Å². The lowest BCUT2D eigenvalue weighted by molar-refractivity contribution is 0.581. The van der Waals surface area contributed by atoms with E-state index in [1.165, 1.54) is 0 Å². The molecule has 1 aromatic carbocycles. The number of rotatable bonds is 4. The number of hydrogen-bond acceptors (Lipinski definition) is 2. The lowest BCUT2D eigenvalue weighted by atomic mass is 10.2.